The summed E-state index contributed by atoms with van der Waals surface area (Å²) in [5, 5.41) is 2.73. The Balaban J connectivity index is 2.47. The summed E-state index contributed by atoms with van der Waals surface area (Å²) in [4.78, 5) is 11.4. The molecule has 0 aliphatic rings. The minimum absolute atomic E-state index is 0.0764. The van der Waals surface area contributed by atoms with E-state index in [1.54, 1.807) is 6.07 Å². The predicted octanol–water partition coefficient (Wildman–Crippen LogP) is 2.88. The van der Waals surface area contributed by atoms with Gasteiger partial charge in [0, 0.05) is 10.5 Å². The van der Waals surface area contributed by atoms with Gasteiger partial charge < -0.3 is 10.1 Å². The van der Waals surface area contributed by atoms with E-state index >= 15 is 0 Å². The molecule has 0 aliphatic heterocycles. The monoisotopic (exact) mass is 303 g/mol. The molecule has 0 spiro atoms. The number of benzene rings is 1. The van der Waals surface area contributed by atoms with Gasteiger partial charge in [-0.3, -0.25) is 4.79 Å². The van der Waals surface area contributed by atoms with Gasteiger partial charge in [0.05, 0.1) is 0 Å². The third-order valence-corrected chi connectivity index (χ3v) is 2.77. The average molecular weight is 304 g/mol. The molecule has 0 saturated heterocycles. The molecule has 1 aromatic rings. The van der Waals surface area contributed by atoms with E-state index in [0.717, 1.165) is 6.42 Å². The van der Waals surface area contributed by atoms with Crippen LogP contribution in [0.15, 0.2) is 22.7 Å². The Bertz CT molecular complexity index is 398. The Kier molecular flexibility index (Phi) is 5.41. The molecule has 1 N–H and O–H groups in total. The minimum Gasteiger partial charge on any atom is -0.481 e. The molecule has 5 heteroatoms. The first-order chi connectivity index (χ1) is 8.02. The van der Waals surface area contributed by atoms with Crippen molar-refractivity contribution in [3.8, 4) is 5.75 Å². The van der Waals surface area contributed by atoms with Crippen LogP contribution in [0.2, 0.25) is 0 Å². The highest BCUT2D eigenvalue weighted by atomic mass is 79.9. The molecule has 1 unspecified atom stereocenters. The van der Waals surface area contributed by atoms with Gasteiger partial charge in [-0.05, 0) is 31.5 Å². The van der Waals surface area contributed by atoms with E-state index in [1.807, 2.05) is 13.8 Å². The van der Waals surface area contributed by atoms with Crippen molar-refractivity contribution in [1.29, 1.82) is 0 Å². The lowest BCUT2D eigenvalue weighted by molar-refractivity contribution is -0.123. The van der Waals surface area contributed by atoms with Crippen LogP contribution in [0.25, 0.3) is 0 Å². The number of carbonyl (C=O) groups is 1. The fourth-order valence-corrected chi connectivity index (χ4v) is 1.49. The molecule has 0 radical (unpaired) electrons. The van der Waals surface area contributed by atoms with Gasteiger partial charge in [0.2, 0.25) is 0 Å². The molecule has 0 saturated carbocycles. The SMILES string of the molecule is CCC(C)NC(=O)COc1ccc(Br)cc1F. The number of carbonyl (C=O) groups excluding carboxylic acids is 1. The highest BCUT2D eigenvalue weighted by Gasteiger charge is 2.08. The maximum Gasteiger partial charge on any atom is 0.258 e. The fourth-order valence-electron chi connectivity index (χ4n) is 1.15. The van der Waals surface area contributed by atoms with Gasteiger partial charge in [-0.1, -0.05) is 22.9 Å². The molecular formula is C12H15BrFNO2. The van der Waals surface area contributed by atoms with Crippen molar-refractivity contribution in [1.82, 2.24) is 5.32 Å². The summed E-state index contributed by atoms with van der Waals surface area (Å²) in [6, 6.07) is 4.53. The van der Waals surface area contributed by atoms with Crippen LogP contribution in [-0.4, -0.2) is 18.6 Å². The zero-order chi connectivity index (χ0) is 12.8. The molecule has 0 bridgehead atoms. The van der Waals surface area contributed by atoms with Gasteiger partial charge in [0.25, 0.3) is 5.91 Å². The summed E-state index contributed by atoms with van der Waals surface area (Å²) >= 11 is 3.14. The normalized spacial score (nSPS) is 12.0. The quantitative estimate of drug-likeness (QED) is 0.908. The summed E-state index contributed by atoms with van der Waals surface area (Å²) < 4.78 is 19.1. The second kappa shape index (κ2) is 6.59. The third kappa shape index (κ3) is 4.73. The van der Waals surface area contributed by atoms with Crippen LogP contribution in [0.5, 0.6) is 5.75 Å². The van der Waals surface area contributed by atoms with Gasteiger partial charge in [-0.15, -0.1) is 0 Å². The first-order valence-corrected chi connectivity index (χ1v) is 6.19. The van der Waals surface area contributed by atoms with Crippen LogP contribution < -0.4 is 10.1 Å². The topological polar surface area (TPSA) is 38.3 Å². The second-order valence-electron chi connectivity index (χ2n) is 3.74. The molecular weight excluding hydrogens is 289 g/mol. The first-order valence-electron chi connectivity index (χ1n) is 5.40. The third-order valence-electron chi connectivity index (χ3n) is 2.27. The average Bonchev–Trinajstić information content (AvgIpc) is 2.27. The molecule has 1 amide bonds. The van der Waals surface area contributed by atoms with Crippen LogP contribution in [0, 0.1) is 5.82 Å². The number of amides is 1. The number of hydrogen-bond donors (Lipinski definition) is 1. The van der Waals surface area contributed by atoms with E-state index in [1.165, 1.54) is 12.1 Å². The van der Waals surface area contributed by atoms with E-state index in [0.29, 0.717) is 4.47 Å². The van der Waals surface area contributed by atoms with Gasteiger partial charge in [-0.25, -0.2) is 4.39 Å². The number of rotatable bonds is 5. The largest absolute Gasteiger partial charge is 0.481 e. The lowest BCUT2D eigenvalue weighted by Crippen LogP contribution is -2.35. The molecule has 1 rings (SSSR count). The molecule has 0 fully saturated rings. The van der Waals surface area contributed by atoms with E-state index in [9.17, 15) is 9.18 Å². The van der Waals surface area contributed by atoms with Crippen molar-refractivity contribution in [2.75, 3.05) is 6.61 Å². The van der Waals surface area contributed by atoms with Crippen LogP contribution in [0.3, 0.4) is 0 Å². The van der Waals surface area contributed by atoms with Gasteiger partial charge >= 0.3 is 0 Å². The van der Waals surface area contributed by atoms with E-state index < -0.39 is 5.82 Å². The Hall–Kier alpha value is -1.10. The van der Waals surface area contributed by atoms with Crippen molar-refractivity contribution >= 4 is 21.8 Å². The van der Waals surface area contributed by atoms with E-state index in [-0.39, 0.29) is 24.3 Å². The second-order valence-corrected chi connectivity index (χ2v) is 4.66. The molecule has 0 heterocycles. The van der Waals surface area contributed by atoms with Crippen LogP contribution >= 0.6 is 15.9 Å². The Morgan fingerprint density at radius 3 is 2.88 bits per heavy atom. The molecule has 17 heavy (non-hydrogen) atoms. The number of halogens is 2. The van der Waals surface area contributed by atoms with Gasteiger partial charge in [0.1, 0.15) is 0 Å². The standard InChI is InChI=1S/C12H15BrFNO2/c1-3-8(2)15-12(16)7-17-11-5-4-9(13)6-10(11)14/h4-6,8H,3,7H2,1-2H3,(H,15,16). The maximum atomic E-state index is 13.3. The zero-order valence-corrected chi connectivity index (χ0v) is 11.4. The van der Waals surface area contributed by atoms with Crippen LogP contribution in [-0.2, 0) is 4.79 Å². The van der Waals surface area contributed by atoms with Crippen molar-refractivity contribution in [3.63, 3.8) is 0 Å². The fraction of sp³-hybridized carbons (Fsp3) is 0.417. The minimum atomic E-state index is -0.490. The number of nitrogens with one attached hydrogen (secondary N) is 1. The molecule has 0 aliphatic carbocycles. The van der Waals surface area contributed by atoms with Crippen LogP contribution in [0.1, 0.15) is 20.3 Å². The van der Waals surface area contributed by atoms with Crippen molar-refractivity contribution < 1.29 is 13.9 Å². The van der Waals surface area contributed by atoms with E-state index in [4.69, 9.17) is 4.74 Å². The van der Waals surface area contributed by atoms with Crippen molar-refractivity contribution in [3.05, 3.63) is 28.5 Å². The smallest absolute Gasteiger partial charge is 0.258 e. The molecule has 0 aromatic heterocycles. The van der Waals surface area contributed by atoms with Crippen molar-refractivity contribution in [2.24, 2.45) is 0 Å². The summed E-state index contributed by atoms with van der Waals surface area (Å²) in [5.74, 6) is -0.662. The Labute approximate surface area is 108 Å². The summed E-state index contributed by atoms with van der Waals surface area (Å²) in [6.07, 6.45) is 0.846. The van der Waals surface area contributed by atoms with Crippen molar-refractivity contribution in [2.45, 2.75) is 26.3 Å². The Morgan fingerprint density at radius 2 is 2.29 bits per heavy atom. The van der Waals surface area contributed by atoms with Crippen LogP contribution in [0.4, 0.5) is 4.39 Å². The molecule has 94 valence electrons. The van der Waals surface area contributed by atoms with Gasteiger partial charge in [-0.2, -0.15) is 0 Å². The summed E-state index contributed by atoms with van der Waals surface area (Å²) in [6.45, 7) is 3.70. The Morgan fingerprint density at radius 1 is 1.59 bits per heavy atom. The molecule has 1 atom stereocenters. The first kappa shape index (κ1) is 14.0. The predicted molar refractivity (Wildman–Crippen MR) is 67.5 cm³/mol. The lowest BCUT2D eigenvalue weighted by Gasteiger charge is -2.12. The highest BCUT2D eigenvalue weighted by molar-refractivity contribution is 9.10. The van der Waals surface area contributed by atoms with Gasteiger partial charge in [0.15, 0.2) is 18.2 Å². The summed E-state index contributed by atoms with van der Waals surface area (Å²) in [7, 11) is 0. The highest BCUT2D eigenvalue weighted by Crippen LogP contribution is 2.21. The molecule has 1 aromatic carbocycles. The molecule has 3 nitrogen and oxygen atoms in total. The van der Waals surface area contributed by atoms with E-state index in [2.05, 4.69) is 21.2 Å². The summed E-state index contributed by atoms with van der Waals surface area (Å²) in [5.41, 5.74) is 0. The maximum absolute atomic E-state index is 13.3. The lowest BCUT2D eigenvalue weighted by atomic mass is 10.2. The number of hydrogen-bond acceptors (Lipinski definition) is 2. The zero-order valence-electron chi connectivity index (χ0n) is 9.80. The number of ether oxygens (including phenoxy) is 1.